The number of pyridine rings is 2. The molecule has 4 aromatic heterocycles. The lowest BCUT2D eigenvalue weighted by Gasteiger charge is -2.39. The van der Waals surface area contributed by atoms with E-state index < -0.39 is 5.41 Å². The highest BCUT2D eigenvalue weighted by Crippen LogP contribution is 2.62. The molecule has 314 valence electrons. The van der Waals surface area contributed by atoms with Crippen molar-refractivity contribution in [3.8, 4) is 45.0 Å². The maximum absolute atomic E-state index is 7.84. The molecule has 1 aliphatic heterocycles. The molecule has 6 nitrogen and oxygen atoms in total. The Hall–Kier alpha value is -9.01. The minimum Gasteiger partial charge on any atom is -0.309 e. The maximum atomic E-state index is 7.84. The number of hydrogen-bond donors (Lipinski definition) is 0. The Balaban J connectivity index is 0.965. The van der Waals surface area contributed by atoms with Crippen LogP contribution in [0.2, 0.25) is 0 Å². The van der Waals surface area contributed by atoms with Crippen molar-refractivity contribution >= 4 is 66.7 Å². The van der Waals surface area contributed by atoms with Gasteiger partial charge in [-0.3, -0.25) is 9.97 Å². The number of fused-ring (bicyclic) bond motifs is 15. The van der Waals surface area contributed by atoms with E-state index in [4.69, 9.17) is 23.1 Å². The molecule has 1 aliphatic carbocycles. The van der Waals surface area contributed by atoms with Gasteiger partial charge in [-0.15, -0.1) is 0 Å². The Morgan fingerprint density at radius 3 is 1.22 bits per heavy atom. The fourth-order valence-corrected chi connectivity index (χ4v) is 12.5. The summed E-state index contributed by atoms with van der Waals surface area (Å²) in [5, 5.41) is 4.32. The molecule has 8 aromatic carbocycles. The molecule has 2 aliphatic rings. The Morgan fingerprint density at radius 2 is 0.779 bits per heavy atom. The van der Waals surface area contributed by atoms with Crippen LogP contribution in [0.1, 0.15) is 22.3 Å². The standard InChI is InChI=1S/C61H34N6S/c1-62-41-21-27-55-47(35-41)45-31-37(19-25-53(45)66(55)43-11-5-3-6-12-43)39-17-23-49-57(33-39)68-58-34-40(18-24-50(58)61(49)51-15-9-29-64-59(51)60-52(61)16-10-30-65-60)38-20-26-54-46(32-38)48-36-42(63-2)22-28-56(48)67(54)44-13-7-4-8-14-44/h3-36H. The summed E-state index contributed by atoms with van der Waals surface area (Å²) < 4.78 is 4.59. The fraction of sp³-hybridized carbons (Fsp3) is 0.0164. The number of aromatic nitrogens is 4. The van der Waals surface area contributed by atoms with Crippen molar-refractivity contribution in [2.24, 2.45) is 0 Å². The molecule has 0 atom stereocenters. The van der Waals surface area contributed by atoms with Gasteiger partial charge in [-0.05, 0) is 152 Å². The number of rotatable bonds is 4. The molecule has 68 heavy (non-hydrogen) atoms. The molecule has 5 heterocycles. The van der Waals surface area contributed by atoms with E-state index in [0.29, 0.717) is 11.4 Å². The molecule has 0 radical (unpaired) electrons. The van der Waals surface area contributed by atoms with Crippen molar-refractivity contribution in [2.45, 2.75) is 15.2 Å². The highest BCUT2D eigenvalue weighted by Gasteiger charge is 2.51. The lowest BCUT2D eigenvalue weighted by atomic mass is 9.67. The Bertz CT molecular complexity index is 3940. The number of nitrogens with zero attached hydrogens (tertiary/aromatic N) is 6. The van der Waals surface area contributed by atoms with Crippen LogP contribution in [0.5, 0.6) is 0 Å². The first-order chi connectivity index (χ1) is 33.6. The Morgan fingerprint density at radius 1 is 0.382 bits per heavy atom. The predicted octanol–water partition coefficient (Wildman–Crippen LogP) is 15.9. The predicted molar refractivity (Wildman–Crippen MR) is 276 cm³/mol. The topological polar surface area (TPSA) is 44.4 Å². The molecule has 14 rings (SSSR count). The molecule has 0 amide bonds. The second kappa shape index (κ2) is 14.5. The zero-order chi connectivity index (χ0) is 45.1. The van der Waals surface area contributed by atoms with Gasteiger partial charge in [0, 0.05) is 44.3 Å². The van der Waals surface area contributed by atoms with Crippen molar-refractivity contribution in [3.05, 3.63) is 252 Å². The van der Waals surface area contributed by atoms with Crippen molar-refractivity contribution < 1.29 is 0 Å². The van der Waals surface area contributed by atoms with E-state index in [1.54, 1.807) is 0 Å². The Kier molecular flexibility index (Phi) is 8.16. The first-order valence-corrected chi connectivity index (χ1v) is 23.3. The van der Waals surface area contributed by atoms with E-state index in [1.165, 1.54) is 20.9 Å². The van der Waals surface area contributed by atoms with E-state index >= 15 is 0 Å². The van der Waals surface area contributed by atoms with Crippen LogP contribution in [0, 0.1) is 13.1 Å². The monoisotopic (exact) mass is 882 g/mol. The van der Waals surface area contributed by atoms with Gasteiger partial charge in [0.05, 0.1) is 52.0 Å². The lowest BCUT2D eigenvalue weighted by Crippen LogP contribution is -2.32. The van der Waals surface area contributed by atoms with Gasteiger partial charge in [0.15, 0.2) is 11.4 Å². The first kappa shape index (κ1) is 38.3. The summed E-state index contributed by atoms with van der Waals surface area (Å²) in [6.07, 6.45) is 3.75. The molecule has 0 saturated carbocycles. The van der Waals surface area contributed by atoms with Crippen LogP contribution in [0.4, 0.5) is 11.4 Å². The van der Waals surface area contributed by atoms with Gasteiger partial charge in [0.25, 0.3) is 0 Å². The summed E-state index contributed by atoms with van der Waals surface area (Å²) in [6, 6.07) is 68.9. The van der Waals surface area contributed by atoms with Crippen molar-refractivity contribution in [1.29, 1.82) is 0 Å². The van der Waals surface area contributed by atoms with E-state index in [1.807, 2.05) is 60.6 Å². The number of benzene rings is 8. The SMILES string of the molecule is [C-]#[N+]c1ccc2c(c1)c1cc(-c3ccc4c(c3)Sc3cc(-c5ccc6c(c5)c5cc([N+]#[C-])ccc5n6-c5ccccc5)ccc3C43c4cccnc4-c4ncccc43)ccc1n2-c1ccccc1. The van der Waals surface area contributed by atoms with Gasteiger partial charge in [-0.1, -0.05) is 109 Å². The highest BCUT2D eigenvalue weighted by atomic mass is 32.2. The van der Waals surface area contributed by atoms with Gasteiger partial charge in [-0.2, -0.15) is 0 Å². The quantitative estimate of drug-likeness (QED) is 0.165. The van der Waals surface area contributed by atoms with Gasteiger partial charge in [-0.25, -0.2) is 9.69 Å². The third kappa shape index (κ3) is 5.34. The van der Waals surface area contributed by atoms with Crippen LogP contribution < -0.4 is 0 Å². The zero-order valence-electron chi connectivity index (χ0n) is 36.2. The molecular weight excluding hydrogens is 849 g/mol. The van der Waals surface area contributed by atoms with E-state index in [9.17, 15) is 0 Å². The molecule has 0 unspecified atom stereocenters. The lowest BCUT2D eigenvalue weighted by molar-refractivity contribution is 0.720. The normalized spacial score (nSPS) is 13.0. The third-order valence-electron chi connectivity index (χ3n) is 14.1. The molecule has 0 saturated heterocycles. The summed E-state index contributed by atoms with van der Waals surface area (Å²) in [6.45, 7) is 15.7. The van der Waals surface area contributed by atoms with Gasteiger partial charge in [0.2, 0.25) is 0 Å². The van der Waals surface area contributed by atoms with E-state index in [2.05, 4.69) is 177 Å². The van der Waals surface area contributed by atoms with Gasteiger partial charge >= 0.3 is 0 Å². The Labute approximate surface area is 395 Å². The molecule has 0 N–H and O–H groups in total. The summed E-state index contributed by atoms with van der Waals surface area (Å²) in [5.74, 6) is 0. The number of hydrogen-bond acceptors (Lipinski definition) is 3. The van der Waals surface area contributed by atoms with Crippen molar-refractivity contribution in [2.75, 3.05) is 0 Å². The van der Waals surface area contributed by atoms with E-state index in [0.717, 1.165) is 99.8 Å². The molecule has 1 spiro atoms. The second-order valence-electron chi connectivity index (χ2n) is 17.5. The second-order valence-corrected chi connectivity index (χ2v) is 18.6. The van der Waals surface area contributed by atoms with Crippen LogP contribution in [0.25, 0.3) is 98.3 Å². The smallest absolute Gasteiger partial charge is 0.188 e. The van der Waals surface area contributed by atoms with Gasteiger partial charge in [0.1, 0.15) is 0 Å². The molecule has 12 aromatic rings. The summed E-state index contributed by atoms with van der Waals surface area (Å²) in [5.41, 5.74) is 18.1. The third-order valence-corrected chi connectivity index (χ3v) is 15.2. The largest absolute Gasteiger partial charge is 0.309 e. The summed E-state index contributed by atoms with van der Waals surface area (Å²) in [4.78, 5) is 20.0. The zero-order valence-corrected chi connectivity index (χ0v) is 37.0. The molecule has 0 bridgehead atoms. The van der Waals surface area contributed by atoms with Crippen LogP contribution in [0.3, 0.4) is 0 Å². The molecule has 7 heteroatoms. The minimum absolute atomic E-state index is 0.623. The van der Waals surface area contributed by atoms with Crippen LogP contribution in [-0.2, 0) is 5.41 Å². The van der Waals surface area contributed by atoms with Crippen molar-refractivity contribution in [1.82, 2.24) is 19.1 Å². The summed E-state index contributed by atoms with van der Waals surface area (Å²) in [7, 11) is 0. The molecular formula is C61H34N6S. The number of para-hydroxylation sites is 2. The average molecular weight is 883 g/mol. The van der Waals surface area contributed by atoms with E-state index in [-0.39, 0.29) is 0 Å². The van der Waals surface area contributed by atoms with Crippen molar-refractivity contribution in [3.63, 3.8) is 0 Å². The molecule has 0 fully saturated rings. The van der Waals surface area contributed by atoms with Crippen LogP contribution >= 0.6 is 11.8 Å². The average Bonchev–Trinajstić information content (AvgIpc) is 4.02. The summed E-state index contributed by atoms with van der Waals surface area (Å²) >= 11 is 1.82. The minimum atomic E-state index is -0.646. The van der Waals surface area contributed by atoms with Crippen LogP contribution in [-0.4, -0.2) is 19.1 Å². The first-order valence-electron chi connectivity index (χ1n) is 22.5. The maximum Gasteiger partial charge on any atom is 0.188 e. The van der Waals surface area contributed by atoms with Crippen LogP contribution in [0.15, 0.2) is 216 Å². The van der Waals surface area contributed by atoms with Gasteiger partial charge < -0.3 is 9.13 Å². The fourth-order valence-electron chi connectivity index (χ4n) is 11.2. The highest BCUT2D eigenvalue weighted by molar-refractivity contribution is 7.99.